The van der Waals surface area contributed by atoms with Crippen LogP contribution in [0.4, 0.5) is 8.78 Å². The molecule has 0 spiro atoms. The van der Waals surface area contributed by atoms with Crippen LogP contribution in [0.1, 0.15) is 30.9 Å². The van der Waals surface area contributed by atoms with E-state index >= 15 is 0 Å². The van der Waals surface area contributed by atoms with E-state index in [0.29, 0.717) is 5.56 Å². The predicted octanol–water partition coefficient (Wildman–Crippen LogP) is 3.36. The van der Waals surface area contributed by atoms with E-state index in [1.54, 1.807) is 0 Å². The van der Waals surface area contributed by atoms with E-state index in [4.69, 9.17) is 0 Å². The standard InChI is InChI=1S/C11H11F2N.Ir/c12-8-4-5-9(10(13)7-8)11-3-1-2-6-14-11;/h4,7,11H,1-3,6H2;/q-2;. The van der Waals surface area contributed by atoms with Gasteiger partial charge in [-0.05, 0) is 0 Å². The Morgan fingerprint density at radius 3 is 2.73 bits per heavy atom. The van der Waals surface area contributed by atoms with E-state index in [-0.39, 0.29) is 26.1 Å². The number of nitrogens with zero attached hydrogens (tertiary/aromatic N) is 1. The molecule has 0 N–H and O–H groups in total. The maximum absolute atomic E-state index is 13.3. The van der Waals surface area contributed by atoms with Gasteiger partial charge >= 0.3 is 0 Å². The molecule has 1 heterocycles. The van der Waals surface area contributed by atoms with Crippen LogP contribution in [0.25, 0.3) is 5.32 Å². The maximum Gasteiger partial charge on any atom is 0.0132 e. The summed E-state index contributed by atoms with van der Waals surface area (Å²) in [6.45, 7) is 0.773. The summed E-state index contributed by atoms with van der Waals surface area (Å²) in [5.74, 6) is -1.11. The first-order chi connectivity index (χ1) is 6.77. The first kappa shape index (κ1) is 12.8. The Morgan fingerprint density at radius 2 is 2.13 bits per heavy atom. The Labute approximate surface area is 102 Å². The summed E-state index contributed by atoms with van der Waals surface area (Å²) < 4.78 is 25.9. The molecule has 0 aliphatic carbocycles. The van der Waals surface area contributed by atoms with Crippen LogP contribution in [0.2, 0.25) is 0 Å². The molecular weight excluding hydrogens is 376 g/mol. The van der Waals surface area contributed by atoms with Crippen molar-refractivity contribution in [3.63, 3.8) is 0 Å². The van der Waals surface area contributed by atoms with E-state index < -0.39 is 11.6 Å². The molecule has 1 aliphatic rings. The zero-order valence-electron chi connectivity index (χ0n) is 8.10. The van der Waals surface area contributed by atoms with Crippen molar-refractivity contribution in [2.24, 2.45) is 0 Å². The smallest absolute Gasteiger partial charge is 0.0132 e. The fourth-order valence-electron chi connectivity index (χ4n) is 1.74. The van der Waals surface area contributed by atoms with Crippen LogP contribution >= 0.6 is 0 Å². The molecule has 1 nitrogen and oxygen atoms in total. The van der Waals surface area contributed by atoms with Gasteiger partial charge in [0.05, 0.1) is 0 Å². The molecule has 15 heavy (non-hydrogen) atoms. The van der Waals surface area contributed by atoms with Crippen LogP contribution < -0.4 is 0 Å². The number of hydrogen-bond donors (Lipinski definition) is 0. The normalized spacial score (nSPS) is 20.8. The van der Waals surface area contributed by atoms with Crippen molar-refractivity contribution in [2.45, 2.75) is 25.3 Å². The molecule has 85 valence electrons. The zero-order valence-corrected chi connectivity index (χ0v) is 10.5. The fraction of sp³-hybridized carbons (Fsp3) is 0.455. The molecule has 1 saturated heterocycles. The molecule has 0 saturated carbocycles. The summed E-state index contributed by atoms with van der Waals surface area (Å²) in [6, 6.07) is 4.58. The van der Waals surface area contributed by atoms with Gasteiger partial charge in [-0.1, -0.05) is 19.3 Å². The molecule has 1 aromatic carbocycles. The van der Waals surface area contributed by atoms with Gasteiger partial charge in [0.2, 0.25) is 0 Å². The predicted molar refractivity (Wildman–Crippen MR) is 50.0 cm³/mol. The van der Waals surface area contributed by atoms with Crippen LogP contribution in [0.15, 0.2) is 12.1 Å². The fourth-order valence-corrected chi connectivity index (χ4v) is 1.74. The second kappa shape index (κ2) is 5.69. The van der Waals surface area contributed by atoms with Crippen molar-refractivity contribution >= 4 is 0 Å². The molecule has 1 atom stereocenters. The Hall–Kier alpha value is -0.311. The van der Waals surface area contributed by atoms with Gasteiger partial charge in [-0.2, -0.15) is 6.07 Å². The quantitative estimate of drug-likeness (QED) is 0.656. The monoisotopic (exact) mass is 388 g/mol. The zero-order chi connectivity index (χ0) is 9.97. The Morgan fingerprint density at radius 1 is 1.33 bits per heavy atom. The Kier molecular flexibility index (Phi) is 4.84. The van der Waals surface area contributed by atoms with Crippen molar-refractivity contribution in [3.05, 3.63) is 40.7 Å². The van der Waals surface area contributed by atoms with E-state index in [9.17, 15) is 8.78 Å². The van der Waals surface area contributed by atoms with Gasteiger partial charge in [-0.3, -0.25) is 8.78 Å². The summed E-state index contributed by atoms with van der Waals surface area (Å²) >= 11 is 0. The van der Waals surface area contributed by atoms with Gasteiger partial charge in [0.15, 0.2) is 0 Å². The molecule has 1 unspecified atom stereocenters. The van der Waals surface area contributed by atoms with Crippen LogP contribution in [0.3, 0.4) is 0 Å². The molecule has 0 amide bonds. The second-order valence-electron chi connectivity index (χ2n) is 3.50. The van der Waals surface area contributed by atoms with E-state index in [1.807, 2.05) is 0 Å². The van der Waals surface area contributed by atoms with Crippen molar-refractivity contribution < 1.29 is 28.9 Å². The van der Waals surface area contributed by atoms with Gasteiger partial charge in [-0.15, -0.1) is 30.3 Å². The third kappa shape index (κ3) is 3.07. The van der Waals surface area contributed by atoms with Crippen molar-refractivity contribution in [1.29, 1.82) is 0 Å². The minimum Gasteiger partial charge on any atom is -0.657 e. The largest absolute Gasteiger partial charge is 0.657 e. The molecule has 1 aromatic rings. The first-order valence-electron chi connectivity index (χ1n) is 4.80. The van der Waals surface area contributed by atoms with Gasteiger partial charge < -0.3 is 5.32 Å². The number of piperidine rings is 1. The van der Waals surface area contributed by atoms with Crippen LogP contribution in [0.5, 0.6) is 0 Å². The first-order valence-corrected chi connectivity index (χ1v) is 4.80. The molecular formula is C11H11F2IrN-2. The van der Waals surface area contributed by atoms with Gasteiger partial charge in [-0.25, -0.2) is 0 Å². The minimum atomic E-state index is -0.581. The third-order valence-corrected chi connectivity index (χ3v) is 2.46. The second-order valence-corrected chi connectivity index (χ2v) is 3.50. The number of benzene rings is 1. The van der Waals surface area contributed by atoms with Crippen molar-refractivity contribution in [3.8, 4) is 0 Å². The van der Waals surface area contributed by atoms with Gasteiger partial charge in [0.25, 0.3) is 0 Å². The molecule has 4 heteroatoms. The maximum atomic E-state index is 13.3. The van der Waals surface area contributed by atoms with Crippen LogP contribution in [0, 0.1) is 17.7 Å². The Balaban J connectivity index is 0.00000112. The summed E-state index contributed by atoms with van der Waals surface area (Å²) in [5, 5.41) is 4.30. The van der Waals surface area contributed by atoms with Crippen molar-refractivity contribution in [2.75, 3.05) is 6.54 Å². The van der Waals surface area contributed by atoms with Gasteiger partial charge in [0.1, 0.15) is 0 Å². The molecule has 0 bridgehead atoms. The molecule has 1 aliphatic heterocycles. The topological polar surface area (TPSA) is 14.1 Å². The number of halogens is 2. The summed E-state index contributed by atoms with van der Waals surface area (Å²) in [7, 11) is 0. The van der Waals surface area contributed by atoms with Crippen molar-refractivity contribution in [1.82, 2.24) is 0 Å². The molecule has 1 fully saturated rings. The number of rotatable bonds is 1. The molecule has 1 radical (unpaired) electrons. The summed E-state index contributed by atoms with van der Waals surface area (Å²) in [6.07, 6.45) is 2.97. The van der Waals surface area contributed by atoms with E-state index in [2.05, 4.69) is 11.4 Å². The number of hydrogen-bond acceptors (Lipinski definition) is 0. The Bertz CT molecular complexity index is 324. The summed E-state index contributed by atoms with van der Waals surface area (Å²) in [4.78, 5) is 0. The van der Waals surface area contributed by atoms with Crippen LogP contribution in [-0.4, -0.2) is 6.54 Å². The SMILES string of the molecule is Fc1c[c-]c(C2CCCC[N-]2)c(F)c1.[Ir]. The molecule has 0 aromatic heterocycles. The average molecular weight is 387 g/mol. The minimum absolute atomic E-state index is 0. The van der Waals surface area contributed by atoms with Gasteiger partial charge in [0, 0.05) is 31.7 Å². The van der Waals surface area contributed by atoms with E-state index in [0.717, 1.165) is 31.9 Å². The van der Waals surface area contributed by atoms with E-state index in [1.165, 1.54) is 6.07 Å². The third-order valence-electron chi connectivity index (χ3n) is 2.46. The molecule has 2 rings (SSSR count). The summed E-state index contributed by atoms with van der Waals surface area (Å²) in [5.41, 5.74) is 0.408. The van der Waals surface area contributed by atoms with Crippen LogP contribution in [-0.2, 0) is 20.1 Å². The average Bonchev–Trinajstić information content (AvgIpc) is 2.19.